The maximum atomic E-state index is 10.2. The summed E-state index contributed by atoms with van der Waals surface area (Å²) < 4.78 is 80.5. The summed E-state index contributed by atoms with van der Waals surface area (Å²) in [5, 5.41) is 0. The fourth-order valence-corrected chi connectivity index (χ4v) is 9.03. The minimum absolute atomic E-state index is 0. The Morgan fingerprint density at radius 2 is 0.417 bits per heavy atom. The van der Waals surface area contributed by atoms with Gasteiger partial charge in [0.1, 0.15) is 0 Å². The summed E-state index contributed by atoms with van der Waals surface area (Å²) >= 11 is 0. The Bertz CT molecular complexity index is 850. The molecular weight excluding hydrogens is 774 g/mol. The van der Waals surface area contributed by atoms with Gasteiger partial charge in [0.25, 0.3) is 46.9 Å². The molecule has 0 aromatic rings. The summed E-state index contributed by atoms with van der Waals surface area (Å²) in [4.78, 5) is 61.4. The van der Waals surface area contributed by atoms with Crippen LogP contribution in [0, 0.1) is 6.92 Å². The van der Waals surface area contributed by atoms with Crippen molar-refractivity contribution < 1.29 is 118 Å². The summed E-state index contributed by atoms with van der Waals surface area (Å²) in [6.45, 7) is 26.0. The zero-order valence-corrected chi connectivity index (χ0v) is 34.8. The van der Waals surface area contributed by atoms with Gasteiger partial charge in [0.05, 0.1) is 30.2 Å². The molecule has 0 unspecified atom stereocenters. The van der Waals surface area contributed by atoms with Gasteiger partial charge in [-0.1, -0.05) is 0 Å². The lowest BCUT2D eigenvalue weighted by Gasteiger charge is -2.41. The van der Waals surface area contributed by atoms with E-state index in [0.717, 1.165) is 0 Å². The van der Waals surface area contributed by atoms with E-state index in [1.165, 1.54) is 0 Å². The van der Waals surface area contributed by atoms with E-state index in [1.807, 2.05) is 6.92 Å². The highest BCUT2D eigenvalue weighted by molar-refractivity contribution is 7.73. The van der Waals surface area contributed by atoms with Crippen molar-refractivity contribution in [3.63, 3.8) is 0 Å². The highest BCUT2D eigenvalue weighted by Gasteiger charge is 2.36. The molecular formula is C18H60N6O18P6. The van der Waals surface area contributed by atoms with Crippen molar-refractivity contribution in [2.45, 2.75) is 112 Å². The average Bonchev–Trinajstić information content (AvgIpc) is 2.56. The van der Waals surface area contributed by atoms with E-state index in [0.29, 0.717) is 36.3 Å². The smallest absolute Gasteiger partial charge is 0.756 e. The third-order valence-corrected chi connectivity index (χ3v) is 10.8. The summed E-state index contributed by atoms with van der Waals surface area (Å²) in [6.07, 6.45) is 0. The van der Waals surface area contributed by atoms with Gasteiger partial charge in [0, 0.05) is 0 Å². The van der Waals surface area contributed by atoms with Crippen LogP contribution >= 0.6 is 46.9 Å². The largest absolute Gasteiger partial charge is 1.00 e. The van der Waals surface area contributed by atoms with Crippen LogP contribution in [0.4, 0.5) is 0 Å². The predicted molar refractivity (Wildman–Crippen MR) is 161 cm³/mol. The van der Waals surface area contributed by atoms with Gasteiger partial charge in [0.2, 0.25) is 0 Å². The van der Waals surface area contributed by atoms with E-state index in [2.05, 4.69) is 136 Å². The first-order valence-electron chi connectivity index (χ1n) is 13.6. The standard InChI is InChI=1S/5C3H9N.C3H8N.2H3O9P3/c6*1-3(2)4;2*1-10(2)7-11(3,4)9-12(5,6)8-10/h5*3H,4H2,1-2H3;3H,1,4H2,2H3;2*(H,1,2)(H,3,4)(H,5,6)/q;;;;;-1;;/p+1/t;;;;;3-;;/m.....1../s1. The minimum Gasteiger partial charge on any atom is -0.756 e. The van der Waals surface area contributed by atoms with Crippen molar-refractivity contribution in [2.24, 2.45) is 0 Å². The second-order valence-corrected chi connectivity index (χ2v) is 20.5. The lowest BCUT2D eigenvalue weighted by molar-refractivity contribution is -0.408. The number of hydrogen-bond acceptors (Lipinski definition) is 18. The van der Waals surface area contributed by atoms with Gasteiger partial charge in [-0.05, 0) is 82.2 Å². The molecule has 30 heteroatoms. The number of phosphoric acid groups is 6. The number of hydrogen-bond donors (Lipinski definition) is 6. The van der Waals surface area contributed by atoms with Crippen LogP contribution in [-0.4, -0.2) is 36.3 Å². The lowest BCUT2D eigenvalue weighted by atomic mass is 10.4. The summed E-state index contributed by atoms with van der Waals surface area (Å²) in [7, 11) is -32.1. The van der Waals surface area contributed by atoms with E-state index < -0.39 is 46.9 Å². The Labute approximate surface area is 284 Å². The second-order valence-electron chi connectivity index (χ2n) is 11.2. The van der Waals surface area contributed by atoms with Gasteiger partial charge in [-0.3, -0.25) is 34.3 Å². The van der Waals surface area contributed by atoms with E-state index in [1.54, 1.807) is 0 Å². The molecule has 2 aliphatic heterocycles. The first-order valence-corrected chi connectivity index (χ1v) is 22.4. The molecule has 2 aliphatic rings. The van der Waals surface area contributed by atoms with E-state index >= 15 is 0 Å². The molecule has 0 aliphatic carbocycles. The predicted octanol–water partition coefficient (Wildman–Crippen LogP) is -5.34. The van der Waals surface area contributed by atoms with Crippen LogP contribution in [0.2, 0.25) is 0 Å². The van der Waals surface area contributed by atoms with Crippen molar-refractivity contribution in [1.29, 1.82) is 0 Å². The maximum Gasteiger partial charge on any atom is 1.00 e. The fraction of sp³-hybridized carbons (Fsp3) is 0.944. The molecule has 0 bridgehead atoms. The molecule has 0 spiro atoms. The van der Waals surface area contributed by atoms with Crippen molar-refractivity contribution in [3.8, 4) is 0 Å². The van der Waals surface area contributed by atoms with Crippen LogP contribution in [0.15, 0.2) is 0 Å². The monoisotopic (exact) mass is 834 g/mol. The Morgan fingerprint density at radius 3 is 0.458 bits per heavy atom. The molecule has 2 rings (SSSR count). The molecule has 2 fully saturated rings. The Kier molecular flexibility index (Phi) is 35.7. The number of quaternary nitrogens is 6. The van der Waals surface area contributed by atoms with E-state index in [-0.39, 0.29) is 1.43 Å². The SMILES string of the molecule is CC(C)[NH3+].CC(C)[NH3+].CC(C)[NH3+].CC(C)[NH3+].CC(C)[NH3+].O=P1([O-])OP(=O)([O-])OP(=O)([O-])O1.O=P1([O-])OP(=O)([O-])OP(=O)([O-])O1.[CH2-][C@H](C)[NH3+].[H+]. The minimum atomic E-state index is -5.36. The average molecular weight is 835 g/mol. The van der Waals surface area contributed by atoms with Gasteiger partial charge >= 0.3 is 1.43 Å². The van der Waals surface area contributed by atoms with Crippen LogP contribution in [0.5, 0.6) is 0 Å². The first-order chi connectivity index (χ1) is 20.6. The quantitative estimate of drug-likeness (QED) is 0.0980. The molecule has 24 nitrogen and oxygen atoms in total. The van der Waals surface area contributed by atoms with Crippen LogP contribution in [0.25, 0.3) is 0 Å². The van der Waals surface area contributed by atoms with E-state index in [4.69, 9.17) is 0 Å². The zero-order valence-electron chi connectivity index (χ0n) is 30.4. The third-order valence-electron chi connectivity index (χ3n) is 1.20. The zero-order chi connectivity index (χ0) is 40.7. The Morgan fingerprint density at radius 1 is 0.375 bits per heavy atom. The summed E-state index contributed by atoms with van der Waals surface area (Å²) in [6, 6.07) is 3.25. The van der Waals surface area contributed by atoms with Crippen molar-refractivity contribution >= 4 is 46.9 Å². The third kappa shape index (κ3) is 72.4. The summed E-state index contributed by atoms with van der Waals surface area (Å²) in [5.41, 5.74) is 21.7. The molecule has 0 aromatic carbocycles. The van der Waals surface area contributed by atoms with Gasteiger partial charge < -0.3 is 63.8 Å². The van der Waals surface area contributed by atoms with Crippen LogP contribution in [0.1, 0.15) is 77.6 Å². The van der Waals surface area contributed by atoms with Crippen molar-refractivity contribution in [2.75, 3.05) is 0 Å². The van der Waals surface area contributed by atoms with Gasteiger partial charge in [0.15, 0.2) is 0 Å². The molecule has 18 N–H and O–H groups in total. The number of rotatable bonds is 0. The van der Waals surface area contributed by atoms with Crippen LogP contribution in [0.3, 0.4) is 0 Å². The maximum absolute atomic E-state index is 10.2. The van der Waals surface area contributed by atoms with Gasteiger partial charge in [-0.25, -0.2) is 25.9 Å². The molecule has 300 valence electrons. The van der Waals surface area contributed by atoms with Crippen molar-refractivity contribution in [1.82, 2.24) is 0 Å². The molecule has 0 aromatic heterocycles. The first kappa shape index (κ1) is 60.7. The van der Waals surface area contributed by atoms with E-state index in [9.17, 15) is 56.8 Å². The molecule has 1 atom stereocenters. The van der Waals surface area contributed by atoms with Gasteiger partial charge in [-0.2, -0.15) is 0 Å². The highest BCUT2D eigenvalue weighted by Crippen LogP contribution is 2.74. The topological polar surface area (TPSA) is 462 Å². The second kappa shape index (κ2) is 28.2. The highest BCUT2D eigenvalue weighted by atomic mass is 31.3. The molecule has 2 saturated heterocycles. The molecule has 0 amide bonds. The van der Waals surface area contributed by atoms with Crippen LogP contribution in [-0.2, 0) is 53.3 Å². The van der Waals surface area contributed by atoms with Gasteiger partial charge in [-0.15, -0.1) is 0 Å². The normalized spacial score (nSPS) is 32.7. The molecule has 2 heterocycles. The Balaban J connectivity index is -0.0000000881. The lowest BCUT2D eigenvalue weighted by Crippen LogP contribution is -2.57. The summed E-state index contributed by atoms with van der Waals surface area (Å²) in [5.74, 6) is 0. The molecule has 48 heavy (non-hydrogen) atoms. The van der Waals surface area contributed by atoms with Crippen molar-refractivity contribution in [3.05, 3.63) is 6.92 Å². The molecule has 0 radical (unpaired) electrons. The fourth-order valence-electron chi connectivity index (χ4n) is 0.824. The van der Waals surface area contributed by atoms with Crippen LogP contribution < -0.4 is 63.8 Å². The molecule has 0 saturated carbocycles. The Hall–Kier alpha value is 0.660.